The summed E-state index contributed by atoms with van der Waals surface area (Å²) < 4.78 is 18.7. The molecule has 1 N–H and O–H groups in total. The van der Waals surface area contributed by atoms with Gasteiger partial charge in [-0.05, 0) is 30.3 Å². The predicted octanol–water partition coefficient (Wildman–Crippen LogP) is 4.80. The summed E-state index contributed by atoms with van der Waals surface area (Å²) in [7, 11) is 1.51. The first-order chi connectivity index (χ1) is 11.5. The normalized spacial score (nSPS) is 10.5. The summed E-state index contributed by atoms with van der Waals surface area (Å²) in [6.07, 6.45) is 0. The van der Waals surface area contributed by atoms with Gasteiger partial charge in [0, 0.05) is 34.2 Å². The summed E-state index contributed by atoms with van der Waals surface area (Å²) in [6, 6.07) is 9.47. The number of hydrogen-bond acceptors (Lipinski definition) is 3. The van der Waals surface area contributed by atoms with Crippen LogP contribution in [0.1, 0.15) is 15.9 Å². The highest BCUT2D eigenvalue weighted by atomic mass is 35.5. The zero-order chi connectivity index (χ0) is 17.5. The summed E-state index contributed by atoms with van der Waals surface area (Å²) in [5, 5.41) is 3.59. The van der Waals surface area contributed by atoms with Crippen molar-refractivity contribution in [2.75, 3.05) is 19.4 Å². The van der Waals surface area contributed by atoms with Crippen molar-refractivity contribution in [2.45, 2.75) is 5.75 Å². The van der Waals surface area contributed by atoms with E-state index in [1.54, 1.807) is 30.3 Å². The van der Waals surface area contributed by atoms with E-state index in [1.165, 1.54) is 24.9 Å². The Morgan fingerprint density at radius 3 is 2.71 bits per heavy atom. The molecule has 0 aliphatic carbocycles. The van der Waals surface area contributed by atoms with Crippen molar-refractivity contribution in [3.8, 4) is 5.75 Å². The Hall–Kier alpha value is -1.43. The van der Waals surface area contributed by atoms with E-state index in [9.17, 15) is 9.18 Å². The molecule has 0 aliphatic rings. The maximum Gasteiger partial charge on any atom is 0.251 e. The molecule has 0 fully saturated rings. The van der Waals surface area contributed by atoms with E-state index in [0.717, 1.165) is 0 Å². The maximum atomic E-state index is 13.6. The second kappa shape index (κ2) is 9.16. The van der Waals surface area contributed by atoms with E-state index in [0.29, 0.717) is 45.0 Å². The molecule has 0 saturated heterocycles. The molecular formula is C17H16Cl2FNO2S. The highest BCUT2D eigenvalue weighted by molar-refractivity contribution is 7.98. The molecule has 2 rings (SSSR count). The van der Waals surface area contributed by atoms with Crippen LogP contribution in [0, 0.1) is 5.82 Å². The van der Waals surface area contributed by atoms with Crippen molar-refractivity contribution in [3.63, 3.8) is 0 Å². The Morgan fingerprint density at radius 2 is 2.04 bits per heavy atom. The van der Waals surface area contributed by atoms with Crippen molar-refractivity contribution in [1.29, 1.82) is 0 Å². The van der Waals surface area contributed by atoms with Crippen LogP contribution in [0.5, 0.6) is 5.75 Å². The topological polar surface area (TPSA) is 38.3 Å². The Bertz CT molecular complexity index is 707. The van der Waals surface area contributed by atoms with Gasteiger partial charge in [0.1, 0.15) is 11.6 Å². The number of halogens is 3. The van der Waals surface area contributed by atoms with Gasteiger partial charge in [-0.15, -0.1) is 0 Å². The molecule has 0 aliphatic heterocycles. The number of amides is 1. The number of carbonyl (C=O) groups excluding carboxylic acids is 1. The fourth-order valence-corrected chi connectivity index (χ4v) is 3.45. The smallest absolute Gasteiger partial charge is 0.251 e. The lowest BCUT2D eigenvalue weighted by atomic mass is 10.2. The summed E-state index contributed by atoms with van der Waals surface area (Å²) in [4.78, 5) is 12.0. The number of ether oxygens (including phenoxy) is 1. The minimum Gasteiger partial charge on any atom is -0.495 e. The van der Waals surface area contributed by atoms with Gasteiger partial charge in [-0.1, -0.05) is 29.3 Å². The minimum absolute atomic E-state index is 0.218. The largest absolute Gasteiger partial charge is 0.495 e. The fourth-order valence-electron chi connectivity index (χ4n) is 1.99. The van der Waals surface area contributed by atoms with Gasteiger partial charge < -0.3 is 10.1 Å². The molecule has 0 saturated carbocycles. The van der Waals surface area contributed by atoms with E-state index in [4.69, 9.17) is 27.9 Å². The van der Waals surface area contributed by atoms with Gasteiger partial charge in [0.05, 0.1) is 12.1 Å². The van der Waals surface area contributed by atoms with Gasteiger partial charge >= 0.3 is 0 Å². The van der Waals surface area contributed by atoms with Crippen LogP contribution in [0.2, 0.25) is 10.0 Å². The molecule has 0 radical (unpaired) electrons. The molecule has 0 heterocycles. The summed E-state index contributed by atoms with van der Waals surface area (Å²) in [5.41, 5.74) is 0.945. The van der Waals surface area contributed by atoms with Gasteiger partial charge in [0.2, 0.25) is 0 Å². The number of nitrogens with one attached hydrogen (secondary N) is 1. The van der Waals surface area contributed by atoms with Crippen LogP contribution in [0.3, 0.4) is 0 Å². The first-order valence-corrected chi connectivity index (χ1v) is 9.06. The minimum atomic E-state index is -0.313. The first kappa shape index (κ1) is 18.9. The second-order valence-corrected chi connectivity index (χ2v) is 6.78. The lowest BCUT2D eigenvalue weighted by Gasteiger charge is -2.08. The molecule has 128 valence electrons. The van der Waals surface area contributed by atoms with E-state index in [1.807, 2.05) is 0 Å². The molecule has 3 nitrogen and oxygen atoms in total. The van der Waals surface area contributed by atoms with Crippen molar-refractivity contribution >= 4 is 40.9 Å². The highest BCUT2D eigenvalue weighted by Gasteiger charge is 2.09. The number of carbonyl (C=O) groups is 1. The van der Waals surface area contributed by atoms with Gasteiger partial charge in [-0.2, -0.15) is 11.8 Å². The van der Waals surface area contributed by atoms with Crippen LogP contribution in [-0.2, 0) is 5.75 Å². The Morgan fingerprint density at radius 1 is 1.25 bits per heavy atom. The molecule has 24 heavy (non-hydrogen) atoms. The van der Waals surface area contributed by atoms with E-state index in [-0.39, 0.29) is 11.7 Å². The monoisotopic (exact) mass is 387 g/mol. The number of benzene rings is 2. The van der Waals surface area contributed by atoms with Crippen molar-refractivity contribution in [2.24, 2.45) is 0 Å². The Labute approximate surface area is 154 Å². The average molecular weight is 388 g/mol. The Balaban J connectivity index is 1.78. The van der Waals surface area contributed by atoms with Crippen molar-refractivity contribution < 1.29 is 13.9 Å². The number of thioether (sulfide) groups is 1. The third-order valence-corrected chi connectivity index (χ3v) is 4.89. The van der Waals surface area contributed by atoms with Gasteiger partial charge in [-0.3, -0.25) is 4.79 Å². The molecule has 0 aromatic heterocycles. The van der Waals surface area contributed by atoms with E-state index < -0.39 is 0 Å². The SMILES string of the molecule is COc1ccc(C(=O)NCCSCc2c(F)cccc2Cl)cc1Cl. The molecule has 0 bridgehead atoms. The summed E-state index contributed by atoms with van der Waals surface area (Å²) >= 11 is 13.5. The summed E-state index contributed by atoms with van der Waals surface area (Å²) in [5.74, 6) is 1.08. The van der Waals surface area contributed by atoms with Crippen LogP contribution < -0.4 is 10.1 Å². The Kier molecular flexibility index (Phi) is 7.21. The second-order valence-electron chi connectivity index (χ2n) is 4.86. The van der Waals surface area contributed by atoms with Crippen molar-refractivity contribution in [1.82, 2.24) is 5.32 Å². The van der Waals surface area contributed by atoms with Crippen LogP contribution in [0.4, 0.5) is 4.39 Å². The van der Waals surface area contributed by atoms with E-state index in [2.05, 4.69) is 5.32 Å². The first-order valence-electron chi connectivity index (χ1n) is 7.15. The fraction of sp³-hybridized carbons (Fsp3) is 0.235. The lowest BCUT2D eigenvalue weighted by molar-refractivity contribution is 0.0956. The third-order valence-electron chi connectivity index (χ3n) is 3.25. The predicted molar refractivity (Wildman–Crippen MR) is 97.9 cm³/mol. The number of methoxy groups -OCH3 is 1. The molecule has 7 heteroatoms. The molecular weight excluding hydrogens is 372 g/mol. The molecule has 0 atom stereocenters. The zero-order valence-corrected chi connectivity index (χ0v) is 15.3. The van der Waals surface area contributed by atoms with Crippen LogP contribution >= 0.6 is 35.0 Å². The quantitative estimate of drug-likeness (QED) is 0.693. The third kappa shape index (κ3) is 5.03. The van der Waals surface area contributed by atoms with E-state index >= 15 is 0 Å². The summed E-state index contributed by atoms with van der Waals surface area (Å²) in [6.45, 7) is 0.458. The molecule has 2 aromatic rings. The number of hydrogen-bond donors (Lipinski definition) is 1. The average Bonchev–Trinajstić information content (AvgIpc) is 2.56. The maximum absolute atomic E-state index is 13.6. The molecule has 2 aromatic carbocycles. The van der Waals surface area contributed by atoms with Crippen LogP contribution in [-0.4, -0.2) is 25.3 Å². The van der Waals surface area contributed by atoms with Gasteiger partial charge in [-0.25, -0.2) is 4.39 Å². The zero-order valence-electron chi connectivity index (χ0n) is 12.9. The van der Waals surface area contributed by atoms with Gasteiger partial charge in [0.25, 0.3) is 5.91 Å². The highest BCUT2D eigenvalue weighted by Crippen LogP contribution is 2.25. The van der Waals surface area contributed by atoms with Gasteiger partial charge in [0.15, 0.2) is 0 Å². The molecule has 0 unspecified atom stereocenters. The van der Waals surface area contributed by atoms with Crippen LogP contribution in [0.15, 0.2) is 36.4 Å². The van der Waals surface area contributed by atoms with Crippen LogP contribution in [0.25, 0.3) is 0 Å². The molecule has 1 amide bonds. The number of rotatable bonds is 7. The lowest BCUT2D eigenvalue weighted by Crippen LogP contribution is -2.25. The van der Waals surface area contributed by atoms with Crippen molar-refractivity contribution in [3.05, 3.63) is 63.4 Å². The standard InChI is InChI=1S/C17H16Cl2FNO2S/c1-23-16-6-5-11(9-14(16)19)17(22)21-7-8-24-10-12-13(18)3-2-4-15(12)20/h2-6,9H,7-8,10H2,1H3,(H,21,22). The molecule has 0 spiro atoms.